The van der Waals surface area contributed by atoms with Crippen LogP contribution in [-0.2, 0) is 14.8 Å². The van der Waals surface area contributed by atoms with Crippen molar-refractivity contribution in [1.82, 2.24) is 24.9 Å². The number of hydrogen-bond acceptors (Lipinski definition) is 13. The van der Waals surface area contributed by atoms with E-state index in [1.165, 1.54) is 12.1 Å². The second kappa shape index (κ2) is 24.5. The van der Waals surface area contributed by atoms with Gasteiger partial charge in [0.1, 0.15) is 5.69 Å². The summed E-state index contributed by atoms with van der Waals surface area (Å²) >= 11 is 8.03. The summed E-state index contributed by atoms with van der Waals surface area (Å²) < 4.78 is 30.0. The van der Waals surface area contributed by atoms with Crippen molar-refractivity contribution < 1.29 is 18.1 Å². The summed E-state index contributed by atoms with van der Waals surface area (Å²) in [5.41, 5.74) is 6.27. The average molecular weight is 1050 g/mol. The highest BCUT2D eigenvalue weighted by Crippen LogP contribution is 2.49. The van der Waals surface area contributed by atoms with E-state index >= 15 is 0 Å². The van der Waals surface area contributed by atoms with Crippen LogP contribution in [0, 0.1) is 10.1 Å². The fourth-order valence-electron chi connectivity index (χ4n) is 10.00. The summed E-state index contributed by atoms with van der Waals surface area (Å²) in [7, 11) is 4.03. The predicted octanol–water partition coefficient (Wildman–Crippen LogP) is 8.70. The highest BCUT2D eigenvalue weighted by molar-refractivity contribution is 7.99. The van der Waals surface area contributed by atoms with E-state index in [0.717, 1.165) is 123 Å². The number of benzene rings is 5. The van der Waals surface area contributed by atoms with Crippen LogP contribution < -0.4 is 25.2 Å². The smallest absolute Gasteiger partial charge is 0.293 e. The summed E-state index contributed by atoms with van der Waals surface area (Å²) in [5, 5.41) is 19.7. The number of halogens is 1. The molecule has 2 fully saturated rings. The molecule has 3 N–H and O–H groups in total. The van der Waals surface area contributed by atoms with Crippen molar-refractivity contribution in [3.05, 3.63) is 159 Å². The van der Waals surface area contributed by atoms with E-state index in [2.05, 4.69) is 95.2 Å². The van der Waals surface area contributed by atoms with Crippen LogP contribution in [0.2, 0.25) is 5.02 Å². The molecule has 2 unspecified atom stereocenters. The standard InChI is InChI=1S/C55H69ClN10O5S2/c1-40-52(55(67)57-26-10-27-63-31-29-61(4)30-32-63)53(54(62(40)5)41-15-17-43(56)18-16-41)42-11-9-12-47(37-42)65-35-33-64(34-36-65)46-21-19-44(20-22-46)59-73(70,71)49-23-24-50(51(38-49)66(68)69)58-45(25-28-60(2)3)39-72-48-13-7-6-8-14-48/h6-9,11-24,37-38,45,53-54,58-59H,10,25-36,39H2,1-5H3,(H,57,67)/t45-,53?,54?/m1/s1. The maximum atomic E-state index is 14.3. The Bertz CT molecular complexity index is 2810. The topological polar surface area (TPSA) is 150 Å². The first-order valence-electron chi connectivity index (χ1n) is 25.1. The van der Waals surface area contributed by atoms with E-state index < -0.39 is 14.9 Å². The van der Waals surface area contributed by atoms with Crippen molar-refractivity contribution in [3.63, 3.8) is 0 Å². The highest BCUT2D eigenvalue weighted by atomic mass is 35.5. The molecule has 3 aliphatic rings. The van der Waals surface area contributed by atoms with Crippen LogP contribution in [0.1, 0.15) is 42.9 Å². The zero-order valence-electron chi connectivity index (χ0n) is 42.5. The molecule has 0 aliphatic carbocycles. The van der Waals surface area contributed by atoms with E-state index in [1.54, 1.807) is 23.9 Å². The lowest BCUT2D eigenvalue weighted by atomic mass is 9.83. The van der Waals surface area contributed by atoms with Gasteiger partial charge < -0.3 is 40.0 Å². The Kier molecular flexibility index (Phi) is 17.9. The summed E-state index contributed by atoms with van der Waals surface area (Å²) in [4.78, 5) is 40.8. The summed E-state index contributed by atoms with van der Waals surface area (Å²) in [6, 6.07) is 37.6. The minimum Gasteiger partial charge on any atom is -0.376 e. The first-order valence-corrected chi connectivity index (χ1v) is 28.0. The SMILES string of the molecule is CC1=C(C(=O)NCCCN2CCN(C)CC2)C(c2cccc(N3CCN(c4ccc(NS(=O)(=O)c5ccc(N[C@H](CCN(C)C)CSc6ccccc6)c([N+](=O)[O-])c5)cc4)CC3)c2)C(c2ccc(Cl)cc2)N1C. The Morgan fingerprint density at radius 2 is 1.51 bits per heavy atom. The van der Waals surface area contributed by atoms with Gasteiger partial charge in [0, 0.05) is 128 Å². The molecule has 18 heteroatoms. The molecule has 2 saturated heterocycles. The van der Waals surface area contributed by atoms with Crippen molar-refractivity contribution in [1.29, 1.82) is 0 Å². The molecule has 73 heavy (non-hydrogen) atoms. The van der Waals surface area contributed by atoms with Gasteiger partial charge in [0.25, 0.3) is 15.7 Å². The Balaban J connectivity index is 0.904. The Morgan fingerprint density at radius 3 is 2.18 bits per heavy atom. The van der Waals surface area contributed by atoms with Crippen molar-refractivity contribution in [2.45, 2.75) is 47.6 Å². The number of nitro benzene ring substituents is 1. The Morgan fingerprint density at radius 1 is 0.822 bits per heavy atom. The molecule has 0 saturated carbocycles. The van der Waals surface area contributed by atoms with Gasteiger partial charge in [-0.25, -0.2) is 8.42 Å². The van der Waals surface area contributed by atoms with Crippen molar-refractivity contribution in [2.24, 2.45) is 0 Å². The van der Waals surface area contributed by atoms with Crippen LogP contribution in [-0.4, -0.2) is 151 Å². The van der Waals surface area contributed by atoms with Crippen molar-refractivity contribution in [3.8, 4) is 0 Å². The number of hydrogen-bond donors (Lipinski definition) is 3. The molecule has 0 aromatic heterocycles. The summed E-state index contributed by atoms with van der Waals surface area (Å²) in [6.07, 6.45) is 1.62. The molecule has 3 heterocycles. The lowest BCUT2D eigenvalue weighted by molar-refractivity contribution is -0.384. The number of carbonyl (C=O) groups is 1. The Hall–Kier alpha value is -5.82. The van der Waals surface area contributed by atoms with Crippen molar-refractivity contribution in [2.75, 3.05) is 126 Å². The summed E-state index contributed by atoms with van der Waals surface area (Å²) in [6.45, 7) is 11.6. The number of nitrogens with zero attached hydrogens (tertiary/aromatic N) is 7. The highest BCUT2D eigenvalue weighted by Gasteiger charge is 2.42. The quantitative estimate of drug-likeness (QED) is 0.0279. The van der Waals surface area contributed by atoms with Crippen molar-refractivity contribution >= 4 is 67.7 Å². The number of amides is 1. The number of rotatable bonds is 21. The molecule has 388 valence electrons. The molecule has 1 amide bonds. The molecule has 3 atom stereocenters. The second-order valence-corrected chi connectivity index (χ2v) is 22.8. The van der Waals surface area contributed by atoms with E-state index in [4.69, 9.17) is 11.6 Å². The molecule has 5 aromatic rings. The maximum Gasteiger partial charge on any atom is 0.293 e. The number of allylic oxidation sites excluding steroid dienone is 1. The molecule has 0 bridgehead atoms. The molecular weight excluding hydrogens is 980 g/mol. The van der Waals surface area contributed by atoms with E-state index in [1.807, 2.05) is 75.6 Å². The number of likely N-dealkylation sites (N-methyl/N-ethyl adjacent to an activating group) is 2. The minimum atomic E-state index is -4.16. The summed E-state index contributed by atoms with van der Waals surface area (Å²) in [5.74, 6) is 0.431. The number of piperazine rings is 2. The lowest BCUT2D eigenvalue weighted by Gasteiger charge is -2.38. The normalized spacial score (nSPS) is 18.3. The van der Waals surface area contributed by atoms with Gasteiger partial charge in [-0.1, -0.05) is 54.1 Å². The van der Waals surface area contributed by atoms with E-state index in [-0.39, 0.29) is 40.2 Å². The zero-order chi connectivity index (χ0) is 51.6. The van der Waals surface area contributed by atoms with Crippen LogP contribution in [0.5, 0.6) is 0 Å². The van der Waals surface area contributed by atoms with Gasteiger partial charge in [-0.05, 0) is 138 Å². The molecule has 8 rings (SSSR count). The van der Waals surface area contributed by atoms with E-state index in [0.29, 0.717) is 23.0 Å². The largest absolute Gasteiger partial charge is 0.376 e. The number of nitrogens with one attached hydrogen (secondary N) is 3. The molecule has 3 aliphatic heterocycles. The molecule has 15 nitrogen and oxygen atoms in total. The fourth-order valence-corrected chi connectivity index (χ4v) is 12.2. The van der Waals surface area contributed by atoms with Gasteiger partial charge in [0.05, 0.1) is 15.9 Å². The van der Waals surface area contributed by atoms with Crippen LogP contribution in [0.3, 0.4) is 0 Å². The first-order chi connectivity index (χ1) is 35.1. The predicted molar refractivity (Wildman–Crippen MR) is 298 cm³/mol. The first kappa shape index (κ1) is 53.5. The van der Waals surface area contributed by atoms with Crippen LogP contribution >= 0.6 is 23.4 Å². The fraction of sp³-hybridized carbons (Fsp3) is 0.400. The van der Waals surface area contributed by atoms with E-state index in [9.17, 15) is 23.3 Å². The third-order valence-corrected chi connectivity index (χ3v) is 17.1. The number of sulfonamides is 1. The van der Waals surface area contributed by atoms with Gasteiger partial charge in [-0.15, -0.1) is 11.8 Å². The van der Waals surface area contributed by atoms with Crippen LogP contribution in [0.15, 0.2) is 142 Å². The molecule has 0 radical (unpaired) electrons. The third kappa shape index (κ3) is 13.7. The third-order valence-electron chi connectivity index (χ3n) is 14.3. The number of carbonyl (C=O) groups excluding carboxylic acids is 1. The number of thioether (sulfide) groups is 1. The van der Waals surface area contributed by atoms with Crippen LogP contribution in [0.4, 0.5) is 28.4 Å². The van der Waals surface area contributed by atoms with Gasteiger partial charge in [0.2, 0.25) is 5.91 Å². The van der Waals surface area contributed by atoms with Gasteiger partial charge in [-0.3, -0.25) is 19.6 Å². The molecule has 5 aromatic carbocycles. The Labute approximate surface area is 440 Å². The van der Waals surface area contributed by atoms with Gasteiger partial charge in [-0.2, -0.15) is 0 Å². The van der Waals surface area contributed by atoms with Gasteiger partial charge >= 0.3 is 0 Å². The van der Waals surface area contributed by atoms with Gasteiger partial charge in [0.15, 0.2) is 0 Å². The molecule has 0 spiro atoms. The number of anilines is 4. The molecular formula is C55H69ClN10O5S2. The maximum absolute atomic E-state index is 14.3. The minimum absolute atomic E-state index is 0.0257. The number of nitro groups is 1. The lowest BCUT2D eigenvalue weighted by Crippen LogP contribution is -2.46. The zero-order valence-corrected chi connectivity index (χ0v) is 44.9. The average Bonchev–Trinajstić information content (AvgIpc) is 3.66. The van der Waals surface area contributed by atoms with Crippen LogP contribution in [0.25, 0.3) is 0 Å². The second-order valence-electron chi connectivity index (χ2n) is 19.6. The monoisotopic (exact) mass is 1050 g/mol.